The van der Waals surface area contributed by atoms with Gasteiger partial charge in [0, 0.05) is 5.57 Å². The van der Waals surface area contributed by atoms with Crippen molar-refractivity contribution in [2.24, 2.45) is 0 Å². The van der Waals surface area contributed by atoms with Gasteiger partial charge in [0.25, 0.3) is 0 Å². The van der Waals surface area contributed by atoms with Crippen LogP contribution in [0.4, 0.5) is 0 Å². The monoisotopic (exact) mass is 747 g/mol. The average molecular weight is 748 g/mol. The number of hydrogen-bond donors (Lipinski definition) is 6. The van der Waals surface area contributed by atoms with E-state index in [1.54, 1.807) is 13.8 Å². The molecule has 1 aromatic heterocycles. The maximum atomic E-state index is 11.2. The number of aromatic hydroxyl groups is 6. The van der Waals surface area contributed by atoms with Crippen molar-refractivity contribution in [1.82, 2.24) is 15.0 Å². The third-order valence-corrected chi connectivity index (χ3v) is 10.4. The molecule has 7 rings (SSSR count). The van der Waals surface area contributed by atoms with Gasteiger partial charge in [-0.25, -0.2) is 15.0 Å². The zero-order valence-corrected chi connectivity index (χ0v) is 31.8. The molecule has 0 radical (unpaired) electrons. The smallest absolute Gasteiger partial charge is 0.208 e. The van der Waals surface area contributed by atoms with Crippen molar-refractivity contribution in [3.05, 3.63) is 130 Å². The zero-order valence-electron chi connectivity index (χ0n) is 31.8. The SMILES string of the molecule is COc1c(O)c(O)c(O)c(-c2nc(C3=CC=CCC(c4cccc(-c5cccc(-c6ccc(C)cc6)c5C)c4C)=C3)nc(-c3c(C)c(C)cc(O)c3O)n2)c1O. The number of ether oxygens (including phenoxy) is 1. The highest BCUT2D eigenvalue weighted by molar-refractivity contribution is 5.90. The molecule has 6 aromatic rings. The lowest BCUT2D eigenvalue weighted by atomic mass is 9.87. The fourth-order valence-corrected chi connectivity index (χ4v) is 7.20. The van der Waals surface area contributed by atoms with Crippen molar-refractivity contribution in [2.75, 3.05) is 7.11 Å². The third kappa shape index (κ3) is 6.45. The number of methoxy groups -OCH3 is 1. The van der Waals surface area contributed by atoms with Gasteiger partial charge in [-0.05, 0) is 109 Å². The molecular weight excluding hydrogens is 707 g/mol. The van der Waals surface area contributed by atoms with Gasteiger partial charge in [0.15, 0.2) is 40.5 Å². The molecule has 1 aliphatic carbocycles. The number of nitrogens with zero attached hydrogens (tertiary/aromatic N) is 3. The summed E-state index contributed by atoms with van der Waals surface area (Å²) in [5, 5.41) is 65.0. The van der Waals surface area contributed by atoms with E-state index in [0.29, 0.717) is 23.1 Å². The van der Waals surface area contributed by atoms with Crippen LogP contribution in [-0.4, -0.2) is 52.7 Å². The number of aryl methyl sites for hydroxylation is 2. The van der Waals surface area contributed by atoms with Crippen LogP contribution in [0.25, 0.3) is 56.2 Å². The normalized spacial score (nSPS) is 12.6. The van der Waals surface area contributed by atoms with Crippen molar-refractivity contribution < 1.29 is 35.4 Å². The Morgan fingerprint density at radius 1 is 0.571 bits per heavy atom. The topological polar surface area (TPSA) is 169 Å². The Labute approximate surface area is 324 Å². The Morgan fingerprint density at radius 2 is 1.16 bits per heavy atom. The first-order chi connectivity index (χ1) is 26.8. The van der Waals surface area contributed by atoms with E-state index in [4.69, 9.17) is 9.72 Å². The molecule has 10 nitrogen and oxygen atoms in total. The number of hydrogen-bond acceptors (Lipinski definition) is 10. The predicted octanol–water partition coefficient (Wildman–Crippen LogP) is 9.75. The van der Waals surface area contributed by atoms with Crippen molar-refractivity contribution in [2.45, 2.75) is 41.0 Å². The molecule has 1 heterocycles. The molecule has 56 heavy (non-hydrogen) atoms. The van der Waals surface area contributed by atoms with Crippen LogP contribution in [0.1, 0.15) is 45.6 Å². The molecule has 282 valence electrons. The van der Waals surface area contributed by atoms with Gasteiger partial charge in [0.2, 0.25) is 17.2 Å². The number of rotatable bonds is 7. The van der Waals surface area contributed by atoms with E-state index in [-0.39, 0.29) is 23.0 Å². The summed E-state index contributed by atoms with van der Waals surface area (Å²) in [6.07, 6.45) is 8.25. The molecule has 0 saturated carbocycles. The van der Waals surface area contributed by atoms with Crippen LogP contribution in [0.5, 0.6) is 40.2 Å². The van der Waals surface area contributed by atoms with Crippen molar-refractivity contribution >= 4 is 11.1 Å². The van der Waals surface area contributed by atoms with E-state index in [9.17, 15) is 30.6 Å². The second kappa shape index (κ2) is 14.6. The van der Waals surface area contributed by atoms with Crippen molar-refractivity contribution in [3.8, 4) is 85.3 Å². The van der Waals surface area contributed by atoms with Crippen LogP contribution < -0.4 is 4.74 Å². The van der Waals surface area contributed by atoms with E-state index >= 15 is 0 Å². The molecule has 0 bridgehead atoms. The summed E-state index contributed by atoms with van der Waals surface area (Å²) in [6, 6.07) is 22.6. The van der Waals surface area contributed by atoms with Crippen LogP contribution in [0.15, 0.2) is 91.0 Å². The van der Waals surface area contributed by atoms with Crippen molar-refractivity contribution in [3.63, 3.8) is 0 Å². The maximum Gasteiger partial charge on any atom is 0.208 e. The fourth-order valence-electron chi connectivity index (χ4n) is 7.20. The highest BCUT2D eigenvalue weighted by Crippen LogP contribution is 2.55. The first-order valence-corrected chi connectivity index (χ1v) is 18.0. The lowest BCUT2D eigenvalue weighted by Crippen LogP contribution is -2.05. The lowest BCUT2D eigenvalue weighted by Gasteiger charge is -2.18. The van der Waals surface area contributed by atoms with Gasteiger partial charge in [-0.3, -0.25) is 0 Å². The Morgan fingerprint density at radius 3 is 1.82 bits per heavy atom. The Kier molecular flexibility index (Phi) is 9.74. The molecule has 0 aliphatic heterocycles. The fraction of sp³-hybridized carbons (Fsp3) is 0.152. The van der Waals surface area contributed by atoms with Crippen molar-refractivity contribution in [1.29, 1.82) is 0 Å². The van der Waals surface area contributed by atoms with Crippen LogP contribution in [-0.2, 0) is 0 Å². The summed E-state index contributed by atoms with van der Waals surface area (Å²) in [6.45, 7) is 9.82. The molecule has 5 aromatic carbocycles. The Balaban J connectivity index is 1.41. The molecule has 10 heteroatoms. The van der Waals surface area contributed by atoms with Gasteiger partial charge in [0.05, 0.1) is 12.7 Å². The van der Waals surface area contributed by atoms with E-state index in [1.165, 1.54) is 24.3 Å². The summed E-state index contributed by atoms with van der Waals surface area (Å²) in [7, 11) is 1.17. The molecular formula is C46H41N3O7. The molecule has 0 fully saturated rings. The second-order valence-electron chi connectivity index (χ2n) is 13.9. The number of benzene rings is 5. The molecule has 0 unspecified atom stereocenters. The summed E-state index contributed by atoms with van der Waals surface area (Å²) in [4.78, 5) is 13.9. The summed E-state index contributed by atoms with van der Waals surface area (Å²) in [5.41, 5.74) is 11.3. The van der Waals surface area contributed by atoms with Crippen LogP contribution in [0.3, 0.4) is 0 Å². The predicted molar refractivity (Wildman–Crippen MR) is 218 cm³/mol. The minimum atomic E-state index is -0.959. The average Bonchev–Trinajstić information content (AvgIpc) is 3.44. The number of aromatic nitrogens is 3. The molecule has 6 N–H and O–H groups in total. The minimum Gasteiger partial charge on any atom is -0.504 e. The van der Waals surface area contributed by atoms with Gasteiger partial charge >= 0.3 is 0 Å². The number of phenolic OH excluding ortho intramolecular Hbond substituents is 6. The Hall–Kier alpha value is -7.07. The summed E-state index contributed by atoms with van der Waals surface area (Å²) < 4.78 is 5.13. The molecule has 0 saturated heterocycles. The molecule has 1 aliphatic rings. The van der Waals surface area contributed by atoms with E-state index in [0.717, 1.165) is 39.0 Å². The van der Waals surface area contributed by atoms with Crippen LogP contribution in [0, 0.1) is 34.6 Å². The van der Waals surface area contributed by atoms with Gasteiger partial charge in [-0.2, -0.15) is 0 Å². The van der Waals surface area contributed by atoms with Crippen LogP contribution in [0.2, 0.25) is 0 Å². The lowest BCUT2D eigenvalue weighted by molar-refractivity contribution is 0.318. The molecule has 0 atom stereocenters. The largest absolute Gasteiger partial charge is 0.504 e. The molecule has 0 amide bonds. The number of allylic oxidation sites excluding steroid dienone is 6. The van der Waals surface area contributed by atoms with E-state index < -0.39 is 45.8 Å². The zero-order chi connectivity index (χ0) is 40.0. The van der Waals surface area contributed by atoms with Gasteiger partial charge in [-0.1, -0.05) is 84.5 Å². The van der Waals surface area contributed by atoms with Gasteiger partial charge in [-0.15, -0.1) is 0 Å². The highest BCUT2D eigenvalue weighted by atomic mass is 16.5. The van der Waals surface area contributed by atoms with Crippen LogP contribution >= 0.6 is 0 Å². The first kappa shape index (κ1) is 37.3. The quantitative estimate of drug-likeness (QED) is 0.0683. The first-order valence-electron chi connectivity index (χ1n) is 18.0. The Bertz CT molecular complexity index is 2630. The second-order valence-corrected chi connectivity index (χ2v) is 13.9. The van der Waals surface area contributed by atoms with Gasteiger partial charge in [0.1, 0.15) is 5.56 Å². The standard InChI is InChI=1S/C46H41N3O7/c1-23-17-19-28(20-18-23)31-13-9-15-33(26(31)4)34-16-10-14-32(27(34)5)29-11-7-8-12-30(22-29)44-47-45(36-25(3)24(2)21-35(50)38(36)51)49-46(48-44)37-39(52)41(54)42(55)43(56-6)40(37)53/h7-10,12-22,50-55H,11H2,1-6H3. The third-order valence-electron chi connectivity index (χ3n) is 10.4. The van der Waals surface area contributed by atoms with Gasteiger partial charge < -0.3 is 35.4 Å². The maximum absolute atomic E-state index is 11.2. The number of phenols is 6. The molecule has 0 spiro atoms. The van der Waals surface area contributed by atoms with E-state index in [2.05, 4.69) is 85.3 Å². The highest BCUT2D eigenvalue weighted by Gasteiger charge is 2.29. The minimum absolute atomic E-state index is 0.0875. The van der Waals surface area contributed by atoms with E-state index in [1.807, 2.05) is 30.4 Å². The summed E-state index contributed by atoms with van der Waals surface area (Å²) in [5.74, 6) is -5.17. The summed E-state index contributed by atoms with van der Waals surface area (Å²) >= 11 is 0.